The minimum Gasteiger partial charge on any atom is -0.611 e. The number of hydrogen-bond acceptors (Lipinski definition) is 9. The van der Waals surface area contributed by atoms with E-state index in [9.17, 15) is 14.5 Å². The summed E-state index contributed by atoms with van der Waals surface area (Å²) in [4.78, 5) is 26.5. The molecule has 3 aliphatic heterocycles. The minimum absolute atomic E-state index is 0.167. The molecule has 1 N–H and O–H groups in total. The number of anilines is 2. The fourth-order valence-corrected chi connectivity index (χ4v) is 5.89. The summed E-state index contributed by atoms with van der Waals surface area (Å²) in [5.41, 5.74) is 0.871. The van der Waals surface area contributed by atoms with Gasteiger partial charge in [-0.05, 0) is 36.9 Å². The van der Waals surface area contributed by atoms with E-state index in [1.54, 1.807) is 0 Å². The largest absolute Gasteiger partial charge is 0.611 e. The number of aliphatic hydroxyl groups is 1. The summed E-state index contributed by atoms with van der Waals surface area (Å²) in [6.07, 6.45) is 3.02. The van der Waals surface area contributed by atoms with Gasteiger partial charge in [-0.3, -0.25) is 4.79 Å². The van der Waals surface area contributed by atoms with Crippen LogP contribution in [0.25, 0.3) is 0 Å². The lowest BCUT2D eigenvalue weighted by molar-refractivity contribution is -0.162. The van der Waals surface area contributed by atoms with Crippen molar-refractivity contribution in [2.45, 2.75) is 55.2 Å². The summed E-state index contributed by atoms with van der Waals surface area (Å²) in [5, 5.41) is 9.36. The summed E-state index contributed by atoms with van der Waals surface area (Å²) in [6, 6.07) is 0.311. The minimum atomic E-state index is -1.06. The van der Waals surface area contributed by atoms with E-state index < -0.39 is 11.2 Å². The maximum Gasteiger partial charge on any atom is 0.309 e. The summed E-state index contributed by atoms with van der Waals surface area (Å²) < 4.78 is 23.7. The summed E-state index contributed by atoms with van der Waals surface area (Å²) in [5.74, 6) is 1.60. The van der Waals surface area contributed by atoms with E-state index in [4.69, 9.17) is 19.4 Å². The lowest BCUT2D eigenvalue weighted by Crippen LogP contribution is -2.55. The van der Waals surface area contributed by atoms with Crippen molar-refractivity contribution in [2.24, 2.45) is 5.92 Å². The molecule has 1 aromatic rings. The van der Waals surface area contributed by atoms with Crippen LogP contribution in [0.5, 0.6) is 0 Å². The topological polar surface area (TPSA) is 111 Å². The van der Waals surface area contributed by atoms with Crippen LogP contribution in [0.2, 0.25) is 0 Å². The van der Waals surface area contributed by atoms with Crippen LogP contribution in [-0.4, -0.2) is 83.0 Å². The fourth-order valence-electron chi connectivity index (χ4n) is 4.51. The van der Waals surface area contributed by atoms with Crippen molar-refractivity contribution in [1.82, 2.24) is 9.97 Å². The highest BCUT2D eigenvalue weighted by molar-refractivity contribution is 7.91. The lowest BCUT2D eigenvalue weighted by atomic mass is 9.82. The Labute approximate surface area is 178 Å². The monoisotopic (exact) mass is 436 g/mol. The van der Waals surface area contributed by atoms with Gasteiger partial charge in [-0.2, -0.15) is 4.98 Å². The Hall–Kier alpha value is -1.62. The first kappa shape index (κ1) is 20.3. The zero-order valence-electron chi connectivity index (χ0n) is 17.2. The van der Waals surface area contributed by atoms with Crippen LogP contribution in [-0.2, 0) is 31.9 Å². The molecule has 1 aliphatic carbocycles. The Morgan fingerprint density at radius 2 is 2.03 bits per heavy atom. The van der Waals surface area contributed by atoms with Crippen LogP contribution in [0.4, 0.5) is 11.8 Å². The average molecular weight is 437 g/mol. The molecule has 0 radical (unpaired) electrons. The molecule has 0 spiro atoms. The van der Waals surface area contributed by atoms with Crippen molar-refractivity contribution < 1.29 is 23.9 Å². The SMILES string of the molecule is CN(c1nc(N2CC(OC(=O)C3CC(O)C3)C2)nc2c1[S+]([O-])CC2)C1CCOCC1. The highest BCUT2D eigenvalue weighted by atomic mass is 32.2. The van der Waals surface area contributed by atoms with E-state index >= 15 is 0 Å². The predicted molar refractivity (Wildman–Crippen MR) is 110 cm³/mol. The molecular formula is C20H28N4O5S. The van der Waals surface area contributed by atoms with E-state index in [2.05, 4.69) is 4.90 Å². The molecule has 1 atom stereocenters. The number of aromatic nitrogens is 2. The Balaban J connectivity index is 1.29. The van der Waals surface area contributed by atoms with E-state index in [1.807, 2.05) is 11.9 Å². The van der Waals surface area contributed by atoms with Gasteiger partial charge in [0, 0.05) is 32.7 Å². The Bertz CT molecular complexity index is 809. The lowest BCUT2D eigenvalue weighted by Gasteiger charge is -2.40. The molecule has 1 aromatic heterocycles. The van der Waals surface area contributed by atoms with Gasteiger partial charge in [-0.25, -0.2) is 4.98 Å². The van der Waals surface area contributed by atoms with Crippen molar-refractivity contribution in [3.05, 3.63) is 5.69 Å². The summed E-state index contributed by atoms with van der Waals surface area (Å²) in [7, 11) is 2.02. The van der Waals surface area contributed by atoms with Gasteiger partial charge in [0.1, 0.15) is 17.6 Å². The Morgan fingerprint density at radius 3 is 2.73 bits per heavy atom. The molecule has 4 aliphatic rings. The second kappa shape index (κ2) is 8.14. The van der Waals surface area contributed by atoms with Gasteiger partial charge < -0.3 is 28.9 Å². The summed E-state index contributed by atoms with van der Waals surface area (Å²) >= 11 is -1.06. The van der Waals surface area contributed by atoms with Crippen LogP contribution >= 0.6 is 0 Å². The Morgan fingerprint density at radius 1 is 1.30 bits per heavy atom. The third-order valence-electron chi connectivity index (χ3n) is 6.59. The first-order valence-electron chi connectivity index (χ1n) is 10.7. The summed E-state index contributed by atoms with van der Waals surface area (Å²) in [6.45, 7) is 2.58. The number of aliphatic hydroxyl groups excluding tert-OH is 1. The van der Waals surface area contributed by atoms with Crippen molar-refractivity contribution >= 4 is 28.9 Å². The second-order valence-electron chi connectivity index (χ2n) is 8.66. The van der Waals surface area contributed by atoms with Gasteiger partial charge in [-0.15, -0.1) is 0 Å². The van der Waals surface area contributed by atoms with Crippen molar-refractivity contribution in [3.63, 3.8) is 0 Å². The average Bonchev–Trinajstić information content (AvgIpc) is 3.08. The third kappa shape index (κ3) is 3.74. The number of esters is 1. The third-order valence-corrected chi connectivity index (χ3v) is 8.04. The maximum atomic E-state index is 12.6. The zero-order chi connectivity index (χ0) is 20.8. The van der Waals surface area contributed by atoms with Gasteiger partial charge in [0.2, 0.25) is 10.8 Å². The standard InChI is InChI=1S/C20H28N4O5S/c1-23(13-2-5-28-6-3-13)18-17-16(4-7-30(17)27)21-20(22-18)24-10-15(11-24)29-19(26)12-8-14(25)9-12/h12-15,25H,2-11H2,1H3. The van der Waals surface area contributed by atoms with Crippen LogP contribution in [0.1, 0.15) is 31.4 Å². The van der Waals surface area contributed by atoms with E-state index in [-0.39, 0.29) is 24.1 Å². The molecular weight excluding hydrogens is 408 g/mol. The molecule has 164 valence electrons. The van der Waals surface area contributed by atoms with Gasteiger partial charge in [-0.1, -0.05) is 0 Å². The molecule has 1 saturated carbocycles. The van der Waals surface area contributed by atoms with Gasteiger partial charge in [0.15, 0.2) is 5.82 Å². The first-order valence-corrected chi connectivity index (χ1v) is 12.0. The molecule has 4 heterocycles. The van der Waals surface area contributed by atoms with Crippen molar-refractivity contribution in [1.29, 1.82) is 0 Å². The number of rotatable bonds is 5. The Kier molecular flexibility index (Phi) is 5.51. The predicted octanol–water partition coefficient (Wildman–Crippen LogP) is 0.258. The molecule has 9 nitrogen and oxygen atoms in total. The number of carbonyl (C=O) groups is 1. The molecule has 0 bridgehead atoms. The number of fused-ring (bicyclic) bond motifs is 1. The van der Waals surface area contributed by atoms with Gasteiger partial charge >= 0.3 is 5.97 Å². The van der Waals surface area contributed by atoms with Crippen LogP contribution in [0, 0.1) is 5.92 Å². The van der Waals surface area contributed by atoms with Crippen LogP contribution < -0.4 is 9.80 Å². The molecule has 30 heavy (non-hydrogen) atoms. The molecule has 0 amide bonds. The molecule has 10 heteroatoms. The highest BCUT2D eigenvalue weighted by Crippen LogP contribution is 2.36. The fraction of sp³-hybridized carbons (Fsp3) is 0.750. The molecule has 0 aromatic carbocycles. The quantitative estimate of drug-likeness (QED) is 0.513. The molecule has 5 rings (SSSR count). The van der Waals surface area contributed by atoms with E-state index in [1.165, 1.54) is 0 Å². The van der Waals surface area contributed by atoms with Crippen molar-refractivity contribution in [2.75, 3.05) is 48.9 Å². The molecule has 3 fully saturated rings. The zero-order valence-corrected chi connectivity index (χ0v) is 18.0. The molecule has 2 saturated heterocycles. The van der Waals surface area contributed by atoms with Gasteiger partial charge in [0.25, 0.3) is 0 Å². The van der Waals surface area contributed by atoms with Crippen LogP contribution in [0.15, 0.2) is 4.90 Å². The number of nitrogens with zero attached hydrogens (tertiary/aromatic N) is 4. The first-order chi connectivity index (χ1) is 14.5. The normalized spacial score (nSPS) is 29.2. The van der Waals surface area contributed by atoms with Crippen LogP contribution in [0.3, 0.4) is 0 Å². The van der Waals surface area contributed by atoms with Crippen molar-refractivity contribution in [3.8, 4) is 0 Å². The van der Waals surface area contributed by atoms with E-state index in [0.717, 1.165) is 42.5 Å². The molecule has 1 unspecified atom stereocenters. The number of aryl methyl sites for hydroxylation is 1. The smallest absolute Gasteiger partial charge is 0.309 e. The highest BCUT2D eigenvalue weighted by Gasteiger charge is 2.40. The second-order valence-corrected chi connectivity index (χ2v) is 10.2. The van der Waals surface area contributed by atoms with E-state index in [0.29, 0.717) is 50.1 Å². The van der Waals surface area contributed by atoms with Gasteiger partial charge in [0.05, 0.1) is 25.1 Å². The number of ether oxygens (including phenoxy) is 2. The maximum absolute atomic E-state index is 12.6. The number of carbonyl (C=O) groups excluding carboxylic acids is 1. The number of hydrogen-bond donors (Lipinski definition) is 1.